The standard InChI is InChI=1S/C15H15N3O2/c1-15(2,3)14-17-11-10(12(19)18-14)20-13(16-11)9-7-5-4-6-8-9/h4-8H,1-3H3,(H,17,18,19). The minimum Gasteiger partial charge on any atom is -0.428 e. The first-order chi connectivity index (χ1) is 9.45. The first-order valence-corrected chi connectivity index (χ1v) is 6.42. The Balaban J connectivity index is 2.22. The highest BCUT2D eigenvalue weighted by Gasteiger charge is 2.20. The summed E-state index contributed by atoms with van der Waals surface area (Å²) >= 11 is 0. The molecule has 2 aromatic heterocycles. The van der Waals surface area contributed by atoms with Crippen LogP contribution in [0.25, 0.3) is 22.7 Å². The van der Waals surface area contributed by atoms with Gasteiger partial charge in [-0.2, -0.15) is 4.98 Å². The van der Waals surface area contributed by atoms with Gasteiger partial charge in [0.15, 0.2) is 0 Å². The van der Waals surface area contributed by atoms with Crippen molar-refractivity contribution in [2.75, 3.05) is 0 Å². The Morgan fingerprint density at radius 2 is 1.80 bits per heavy atom. The van der Waals surface area contributed by atoms with Gasteiger partial charge in [0.25, 0.3) is 5.56 Å². The van der Waals surface area contributed by atoms with Crippen LogP contribution >= 0.6 is 0 Å². The Kier molecular flexibility index (Phi) is 2.71. The van der Waals surface area contributed by atoms with Crippen molar-refractivity contribution in [2.24, 2.45) is 0 Å². The molecule has 3 aromatic rings. The van der Waals surface area contributed by atoms with E-state index in [1.165, 1.54) is 0 Å². The molecule has 1 aromatic carbocycles. The summed E-state index contributed by atoms with van der Waals surface area (Å²) in [6.45, 7) is 5.94. The van der Waals surface area contributed by atoms with Gasteiger partial charge in [-0.05, 0) is 12.1 Å². The van der Waals surface area contributed by atoms with E-state index in [9.17, 15) is 4.79 Å². The predicted octanol–water partition coefficient (Wildman–Crippen LogP) is 2.88. The van der Waals surface area contributed by atoms with Crippen molar-refractivity contribution in [1.29, 1.82) is 0 Å². The Morgan fingerprint density at radius 1 is 1.10 bits per heavy atom. The van der Waals surface area contributed by atoms with Gasteiger partial charge < -0.3 is 9.40 Å². The SMILES string of the molecule is CC(C)(C)c1nc2nc(-c3ccccc3)oc2c(=O)[nH]1. The molecule has 0 saturated carbocycles. The van der Waals surface area contributed by atoms with Gasteiger partial charge >= 0.3 is 0 Å². The van der Waals surface area contributed by atoms with Crippen LogP contribution in [0.1, 0.15) is 26.6 Å². The molecule has 0 aliphatic heterocycles. The van der Waals surface area contributed by atoms with Crippen LogP contribution in [0.3, 0.4) is 0 Å². The molecule has 1 N–H and O–H groups in total. The molecule has 0 unspecified atom stereocenters. The van der Waals surface area contributed by atoms with Crippen LogP contribution in [0.2, 0.25) is 0 Å². The molecule has 0 atom stereocenters. The highest BCUT2D eigenvalue weighted by Crippen LogP contribution is 2.23. The third kappa shape index (κ3) is 2.11. The van der Waals surface area contributed by atoms with E-state index in [2.05, 4.69) is 15.0 Å². The maximum Gasteiger partial charge on any atom is 0.296 e. The number of aromatic nitrogens is 3. The fraction of sp³-hybridized carbons (Fsp3) is 0.267. The molecule has 0 saturated heterocycles. The normalized spacial score (nSPS) is 11.9. The van der Waals surface area contributed by atoms with E-state index in [0.29, 0.717) is 17.4 Å². The second-order valence-corrected chi connectivity index (χ2v) is 5.70. The molecular weight excluding hydrogens is 254 g/mol. The minimum atomic E-state index is -0.297. The van der Waals surface area contributed by atoms with Crippen molar-refractivity contribution in [3.8, 4) is 11.5 Å². The summed E-state index contributed by atoms with van der Waals surface area (Å²) in [5.74, 6) is 1.01. The number of benzene rings is 1. The summed E-state index contributed by atoms with van der Waals surface area (Å²) in [4.78, 5) is 23.5. The molecule has 0 aliphatic rings. The van der Waals surface area contributed by atoms with Gasteiger partial charge in [-0.3, -0.25) is 4.79 Å². The summed E-state index contributed by atoms with van der Waals surface area (Å²) in [7, 11) is 0. The number of rotatable bonds is 1. The van der Waals surface area contributed by atoms with Crippen LogP contribution in [0, 0.1) is 0 Å². The van der Waals surface area contributed by atoms with Crippen molar-refractivity contribution in [1.82, 2.24) is 15.0 Å². The molecule has 0 radical (unpaired) electrons. The molecule has 5 heteroatoms. The van der Waals surface area contributed by atoms with E-state index in [4.69, 9.17) is 4.42 Å². The first-order valence-electron chi connectivity index (χ1n) is 6.42. The fourth-order valence-electron chi connectivity index (χ4n) is 1.89. The summed E-state index contributed by atoms with van der Waals surface area (Å²) in [5, 5.41) is 0. The number of hydrogen-bond donors (Lipinski definition) is 1. The lowest BCUT2D eigenvalue weighted by atomic mass is 9.96. The van der Waals surface area contributed by atoms with Gasteiger partial charge in [-0.15, -0.1) is 0 Å². The maximum atomic E-state index is 12.1. The van der Waals surface area contributed by atoms with Crippen LogP contribution in [-0.2, 0) is 5.41 Å². The Hall–Kier alpha value is -2.43. The highest BCUT2D eigenvalue weighted by molar-refractivity contribution is 5.71. The molecule has 0 bridgehead atoms. The lowest BCUT2D eigenvalue weighted by Gasteiger charge is -2.15. The number of oxazole rings is 1. The van der Waals surface area contributed by atoms with Crippen LogP contribution in [-0.4, -0.2) is 15.0 Å². The van der Waals surface area contributed by atoms with Gasteiger partial charge in [-0.1, -0.05) is 39.0 Å². The van der Waals surface area contributed by atoms with Crippen molar-refractivity contribution >= 4 is 11.2 Å². The predicted molar refractivity (Wildman–Crippen MR) is 76.6 cm³/mol. The topological polar surface area (TPSA) is 71.8 Å². The number of nitrogens with zero attached hydrogens (tertiary/aromatic N) is 2. The molecule has 0 spiro atoms. The Labute approximate surface area is 115 Å². The van der Waals surface area contributed by atoms with Gasteiger partial charge in [0.1, 0.15) is 5.82 Å². The lowest BCUT2D eigenvalue weighted by Crippen LogP contribution is -2.21. The van der Waals surface area contributed by atoms with Gasteiger partial charge in [0.2, 0.25) is 17.1 Å². The summed E-state index contributed by atoms with van der Waals surface area (Å²) in [6.07, 6.45) is 0. The van der Waals surface area contributed by atoms with Crippen molar-refractivity contribution < 1.29 is 4.42 Å². The monoisotopic (exact) mass is 269 g/mol. The molecule has 0 fully saturated rings. The lowest BCUT2D eigenvalue weighted by molar-refractivity contribution is 0.543. The van der Waals surface area contributed by atoms with E-state index in [1.807, 2.05) is 51.1 Å². The number of aromatic amines is 1. The van der Waals surface area contributed by atoms with Crippen LogP contribution < -0.4 is 5.56 Å². The zero-order chi connectivity index (χ0) is 14.3. The molecule has 0 aliphatic carbocycles. The molecule has 5 nitrogen and oxygen atoms in total. The molecule has 20 heavy (non-hydrogen) atoms. The van der Waals surface area contributed by atoms with Crippen LogP contribution in [0.15, 0.2) is 39.5 Å². The largest absolute Gasteiger partial charge is 0.428 e. The van der Waals surface area contributed by atoms with E-state index in [-0.39, 0.29) is 16.6 Å². The third-order valence-electron chi connectivity index (χ3n) is 3.00. The highest BCUT2D eigenvalue weighted by atomic mass is 16.4. The van der Waals surface area contributed by atoms with Crippen LogP contribution in [0.4, 0.5) is 0 Å². The molecule has 2 heterocycles. The smallest absolute Gasteiger partial charge is 0.296 e. The van der Waals surface area contributed by atoms with Gasteiger partial charge in [-0.25, -0.2) is 4.98 Å². The van der Waals surface area contributed by atoms with Gasteiger partial charge in [0.05, 0.1) is 0 Å². The Morgan fingerprint density at radius 3 is 2.45 bits per heavy atom. The molecule has 102 valence electrons. The zero-order valence-electron chi connectivity index (χ0n) is 11.6. The summed E-state index contributed by atoms with van der Waals surface area (Å²) in [6, 6.07) is 9.45. The fourth-order valence-corrected chi connectivity index (χ4v) is 1.89. The average Bonchev–Trinajstić information content (AvgIpc) is 2.83. The second-order valence-electron chi connectivity index (χ2n) is 5.70. The third-order valence-corrected chi connectivity index (χ3v) is 3.00. The van der Waals surface area contributed by atoms with Crippen molar-refractivity contribution in [3.05, 3.63) is 46.5 Å². The van der Waals surface area contributed by atoms with Crippen molar-refractivity contribution in [3.63, 3.8) is 0 Å². The van der Waals surface area contributed by atoms with Gasteiger partial charge in [0, 0.05) is 11.0 Å². The molecule has 3 rings (SSSR count). The van der Waals surface area contributed by atoms with E-state index < -0.39 is 0 Å². The van der Waals surface area contributed by atoms with Crippen molar-refractivity contribution in [2.45, 2.75) is 26.2 Å². The minimum absolute atomic E-state index is 0.164. The van der Waals surface area contributed by atoms with Crippen LogP contribution in [0.5, 0.6) is 0 Å². The first kappa shape index (κ1) is 12.6. The zero-order valence-corrected chi connectivity index (χ0v) is 11.6. The number of nitrogens with one attached hydrogen (secondary N) is 1. The van der Waals surface area contributed by atoms with E-state index in [1.54, 1.807) is 0 Å². The maximum absolute atomic E-state index is 12.1. The van der Waals surface area contributed by atoms with E-state index in [0.717, 1.165) is 5.56 Å². The average molecular weight is 269 g/mol. The number of hydrogen-bond acceptors (Lipinski definition) is 4. The molecule has 0 amide bonds. The summed E-state index contributed by atoms with van der Waals surface area (Å²) in [5.41, 5.74) is 0.783. The molecular formula is C15H15N3O2. The summed E-state index contributed by atoms with van der Waals surface area (Å²) < 4.78 is 5.54. The Bertz CT molecular complexity index is 810. The second kappa shape index (κ2) is 4.30. The van der Waals surface area contributed by atoms with E-state index >= 15 is 0 Å². The quantitative estimate of drug-likeness (QED) is 0.737. The number of fused-ring (bicyclic) bond motifs is 1. The number of H-pyrrole nitrogens is 1.